The SMILES string of the molecule is CS(=O)(=O)c1ccc(CN2CCCN(C(=O)Nc3ccc4c(c3)C(F)(F)OC(F)(F)O4)CC2)cc1. The normalized spacial score (nSPS) is 19.9. The molecule has 0 bridgehead atoms. The molecule has 1 N–H and O–H groups in total. The van der Waals surface area contributed by atoms with Crippen LogP contribution >= 0.6 is 0 Å². The smallest absolute Gasteiger partial charge is 0.409 e. The van der Waals surface area contributed by atoms with E-state index in [4.69, 9.17) is 0 Å². The van der Waals surface area contributed by atoms with Crippen molar-refractivity contribution in [2.24, 2.45) is 0 Å². The van der Waals surface area contributed by atoms with Crippen molar-refractivity contribution < 1.29 is 40.2 Å². The summed E-state index contributed by atoms with van der Waals surface area (Å²) in [5.74, 6) is -0.737. The number of halogens is 4. The molecule has 2 aromatic rings. The number of nitrogens with one attached hydrogen (secondary N) is 1. The van der Waals surface area contributed by atoms with Crippen LogP contribution in [-0.4, -0.2) is 63.0 Å². The highest BCUT2D eigenvalue weighted by molar-refractivity contribution is 7.90. The molecule has 35 heavy (non-hydrogen) atoms. The van der Waals surface area contributed by atoms with E-state index in [-0.39, 0.29) is 10.6 Å². The molecular formula is C22H23F4N3O5S. The van der Waals surface area contributed by atoms with E-state index in [2.05, 4.69) is 19.7 Å². The fraction of sp³-hybridized carbons (Fsp3) is 0.409. The lowest BCUT2D eigenvalue weighted by molar-refractivity contribution is -0.461. The lowest BCUT2D eigenvalue weighted by Crippen LogP contribution is -2.41. The standard InChI is InChI=1S/C22H23F4N3O5S/c1-35(31,32)17-6-3-15(4-7-17)14-28-9-2-10-29(12-11-28)20(30)27-16-5-8-19-18(13-16)21(23,24)34-22(25,26)33-19/h3-8,13H,2,9-12,14H2,1H3,(H,27,30). The lowest BCUT2D eigenvalue weighted by Gasteiger charge is -2.30. The highest BCUT2D eigenvalue weighted by Crippen LogP contribution is 2.46. The Balaban J connectivity index is 1.36. The molecular weight excluding hydrogens is 494 g/mol. The van der Waals surface area contributed by atoms with Crippen LogP contribution in [-0.2, 0) is 27.2 Å². The first-order valence-electron chi connectivity index (χ1n) is 10.7. The molecule has 0 atom stereocenters. The minimum Gasteiger partial charge on any atom is -0.409 e. The Morgan fingerprint density at radius 3 is 2.43 bits per heavy atom. The first-order chi connectivity index (χ1) is 16.3. The number of carbonyl (C=O) groups excluding carboxylic acids is 1. The van der Waals surface area contributed by atoms with Gasteiger partial charge in [0.1, 0.15) is 5.75 Å². The number of amides is 2. The van der Waals surface area contributed by atoms with Crippen LogP contribution in [0.2, 0.25) is 0 Å². The van der Waals surface area contributed by atoms with Crippen LogP contribution < -0.4 is 10.1 Å². The third kappa shape index (κ3) is 6.03. The summed E-state index contributed by atoms with van der Waals surface area (Å²) in [4.78, 5) is 16.6. The van der Waals surface area contributed by atoms with Crippen LogP contribution in [0.1, 0.15) is 17.5 Å². The van der Waals surface area contributed by atoms with Gasteiger partial charge in [0, 0.05) is 44.7 Å². The number of hydrogen-bond donors (Lipinski definition) is 1. The van der Waals surface area contributed by atoms with E-state index in [1.165, 1.54) is 11.0 Å². The van der Waals surface area contributed by atoms with Crippen LogP contribution in [0.15, 0.2) is 47.4 Å². The molecule has 190 valence electrons. The van der Waals surface area contributed by atoms with Gasteiger partial charge in [-0.05, 0) is 42.3 Å². The molecule has 8 nitrogen and oxygen atoms in total. The van der Waals surface area contributed by atoms with Gasteiger partial charge < -0.3 is 15.0 Å². The maximum absolute atomic E-state index is 14.0. The summed E-state index contributed by atoms with van der Waals surface area (Å²) in [5.41, 5.74) is 0.00312. The number of hydrogen-bond acceptors (Lipinski definition) is 6. The van der Waals surface area contributed by atoms with Gasteiger partial charge in [-0.1, -0.05) is 12.1 Å². The molecule has 0 unspecified atom stereocenters. The number of fused-ring (bicyclic) bond motifs is 1. The van der Waals surface area contributed by atoms with E-state index >= 15 is 0 Å². The molecule has 4 rings (SSSR count). The zero-order valence-corrected chi connectivity index (χ0v) is 19.5. The molecule has 0 spiro atoms. The average molecular weight is 518 g/mol. The van der Waals surface area contributed by atoms with Gasteiger partial charge in [0.2, 0.25) is 0 Å². The molecule has 0 saturated carbocycles. The Kier molecular flexibility index (Phi) is 6.68. The second-order valence-corrected chi connectivity index (χ2v) is 10.4. The first-order valence-corrected chi connectivity index (χ1v) is 12.6. The predicted molar refractivity (Wildman–Crippen MR) is 117 cm³/mol. The van der Waals surface area contributed by atoms with E-state index in [0.717, 1.165) is 24.0 Å². The molecule has 13 heteroatoms. The summed E-state index contributed by atoms with van der Waals surface area (Å²) in [7, 11) is -3.27. The molecule has 2 aromatic carbocycles. The van der Waals surface area contributed by atoms with Gasteiger partial charge in [-0.15, -0.1) is 8.78 Å². The second-order valence-electron chi connectivity index (χ2n) is 8.36. The van der Waals surface area contributed by atoms with Crippen molar-refractivity contribution in [3.8, 4) is 5.75 Å². The Morgan fingerprint density at radius 2 is 1.74 bits per heavy atom. The number of urea groups is 1. The fourth-order valence-electron chi connectivity index (χ4n) is 3.91. The number of nitrogens with zero attached hydrogens (tertiary/aromatic N) is 2. The van der Waals surface area contributed by atoms with Gasteiger partial charge in [-0.3, -0.25) is 4.90 Å². The van der Waals surface area contributed by atoms with Crippen molar-refractivity contribution in [2.75, 3.05) is 37.8 Å². The number of rotatable bonds is 4. The molecule has 2 aliphatic rings. The highest BCUT2D eigenvalue weighted by Gasteiger charge is 2.54. The summed E-state index contributed by atoms with van der Waals surface area (Å²) in [6, 6.07) is 9.06. The molecule has 2 aliphatic heterocycles. The molecule has 0 aliphatic carbocycles. The zero-order valence-electron chi connectivity index (χ0n) is 18.6. The summed E-state index contributed by atoms with van der Waals surface area (Å²) in [6.45, 7) is 2.61. The van der Waals surface area contributed by atoms with Gasteiger partial charge >= 0.3 is 18.4 Å². The van der Waals surface area contributed by atoms with E-state index in [0.29, 0.717) is 39.1 Å². The lowest BCUT2D eigenvalue weighted by atomic mass is 10.1. The zero-order chi connectivity index (χ0) is 25.4. The van der Waals surface area contributed by atoms with Gasteiger partial charge in [0.05, 0.1) is 10.5 Å². The molecule has 0 radical (unpaired) electrons. The van der Waals surface area contributed by atoms with Crippen molar-refractivity contribution in [3.05, 3.63) is 53.6 Å². The van der Waals surface area contributed by atoms with Crippen LogP contribution in [0.5, 0.6) is 5.75 Å². The Bertz CT molecular complexity index is 1210. The van der Waals surface area contributed by atoms with Crippen molar-refractivity contribution in [3.63, 3.8) is 0 Å². The van der Waals surface area contributed by atoms with E-state index in [1.54, 1.807) is 24.3 Å². The average Bonchev–Trinajstić information content (AvgIpc) is 2.98. The number of carbonyl (C=O) groups is 1. The molecule has 2 amide bonds. The third-order valence-electron chi connectivity index (χ3n) is 5.65. The number of alkyl halides is 4. The molecule has 0 aromatic heterocycles. The van der Waals surface area contributed by atoms with Crippen LogP contribution in [0.25, 0.3) is 0 Å². The number of ether oxygens (including phenoxy) is 2. The maximum atomic E-state index is 14.0. The fourth-order valence-corrected chi connectivity index (χ4v) is 4.54. The molecule has 1 fully saturated rings. The minimum absolute atomic E-state index is 0.0158. The van der Waals surface area contributed by atoms with Gasteiger partial charge in [-0.25, -0.2) is 17.9 Å². The second kappa shape index (κ2) is 9.28. The predicted octanol–water partition coefficient (Wildman–Crippen LogP) is 3.84. The Labute approximate surface area is 199 Å². The van der Waals surface area contributed by atoms with Crippen molar-refractivity contribution in [1.82, 2.24) is 9.80 Å². The Hall–Kier alpha value is -2.90. The summed E-state index contributed by atoms with van der Waals surface area (Å²) in [5, 5.41) is 2.51. The Morgan fingerprint density at radius 1 is 1.03 bits per heavy atom. The summed E-state index contributed by atoms with van der Waals surface area (Å²) in [6.07, 6.45) is -6.95. The van der Waals surface area contributed by atoms with E-state index in [9.17, 15) is 30.8 Å². The summed E-state index contributed by atoms with van der Waals surface area (Å²) >= 11 is 0. The van der Waals surface area contributed by atoms with Gasteiger partial charge in [0.15, 0.2) is 9.84 Å². The van der Waals surface area contributed by atoms with Crippen molar-refractivity contribution in [2.45, 2.75) is 30.3 Å². The molecule has 1 saturated heterocycles. The largest absolute Gasteiger partial charge is 0.540 e. The van der Waals surface area contributed by atoms with Crippen LogP contribution in [0, 0.1) is 0 Å². The topological polar surface area (TPSA) is 88.2 Å². The van der Waals surface area contributed by atoms with Crippen molar-refractivity contribution >= 4 is 21.6 Å². The van der Waals surface area contributed by atoms with E-state index in [1.807, 2.05) is 0 Å². The quantitative estimate of drug-likeness (QED) is 0.621. The third-order valence-corrected chi connectivity index (χ3v) is 6.78. The van der Waals surface area contributed by atoms with Crippen molar-refractivity contribution in [1.29, 1.82) is 0 Å². The van der Waals surface area contributed by atoms with Crippen LogP contribution in [0.3, 0.4) is 0 Å². The van der Waals surface area contributed by atoms with Crippen LogP contribution in [0.4, 0.5) is 28.0 Å². The number of anilines is 1. The minimum atomic E-state index is -4.46. The van der Waals surface area contributed by atoms with Gasteiger partial charge in [0.25, 0.3) is 0 Å². The van der Waals surface area contributed by atoms with E-state index < -0.39 is 39.6 Å². The maximum Gasteiger partial charge on any atom is 0.540 e. The highest BCUT2D eigenvalue weighted by atomic mass is 32.2. The number of sulfone groups is 1. The number of benzene rings is 2. The summed E-state index contributed by atoms with van der Waals surface area (Å²) < 4.78 is 85.1. The molecule has 2 heterocycles. The van der Waals surface area contributed by atoms with Gasteiger partial charge in [-0.2, -0.15) is 8.78 Å². The monoisotopic (exact) mass is 517 g/mol. The first kappa shape index (κ1) is 25.2.